The Bertz CT molecular complexity index is 1510. The van der Waals surface area contributed by atoms with E-state index in [1.165, 1.54) is 18.1 Å². The van der Waals surface area contributed by atoms with Crippen LogP contribution in [-0.4, -0.2) is 29.1 Å². The molecule has 6 rings (SSSR count). The van der Waals surface area contributed by atoms with Gasteiger partial charge in [-0.1, -0.05) is 78.3 Å². The summed E-state index contributed by atoms with van der Waals surface area (Å²) in [6.45, 7) is 18.2. The van der Waals surface area contributed by atoms with Gasteiger partial charge in [0.25, 0.3) is 0 Å². The number of carbonyl (C=O) groups excluding carboxylic acids is 2. The van der Waals surface area contributed by atoms with Gasteiger partial charge in [-0.15, -0.1) is 0 Å². The van der Waals surface area contributed by atoms with Gasteiger partial charge in [-0.2, -0.15) is 0 Å². The molecule has 0 aromatic heterocycles. The molecule has 1 amide bonds. The Morgan fingerprint density at radius 2 is 1.58 bits per heavy atom. The number of rotatable bonds is 4. The predicted octanol–water partition coefficient (Wildman–Crippen LogP) is 8.98. The van der Waals surface area contributed by atoms with Crippen molar-refractivity contribution >= 4 is 23.5 Å². The predicted molar refractivity (Wildman–Crippen MR) is 177 cm³/mol. The standard InChI is InChI=1S/C39H53NO5/c1-24(41)45-31-16-17-37(6)29(34(31,2)3)15-18-39(8)30(37)14-13-26-27-23-36(5,20-19-35(27,4)21-22-38(26,39)7)33(44)40-28-12-10-9-11-25(28)32(42)43/h9-14,29-31H,15-23H2,1-8H3,(H,40,44)(H,42,43)/t29-,30+,31-,35+,36-,37-,38+,39+/m0/s1. The lowest BCUT2D eigenvalue weighted by molar-refractivity contribution is -0.197. The van der Waals surface area contributed by atoms with Crippen molar-refractivity contribution in [1.29, 1.82) is 0 Å². The van der Waals surface area contributed by atoms with Crippen molar-refractivity contribution in [1.82, 2.24) is 0 Å². The fraction of sp³-hybridized carbons (Fsp3) is 0.667. The fourth-order valence-electron chi connectivity index (χ4n) is 11.3. The van der Waals surface area contributed by atoms with Gasteiger partial charge in [-0.05, 0) is 109 Å². The molecule has 6 nitrogen and oxygen atoms in total. The molecule has 2 N–H and O–H groups in total. The molecular formula is C39H53NO5. The van der Waals surface area contributed by atoms with Crippen LogP contribution in [0.2, 0.25) is 0 Å². The van der Waals surface area contributed by atoms with Crippen LogP contribution in [0.5, 0.6) is 0 Å². The number of nitrogens with one attached hydrogen (secondary N) is 1. The zero-order valence-corrected chi connectivity index (χ0v) is 28.6. The Balaban J connectivity index is 1.36. The number of allylic oxidation sites excluding steroid dienone is 4. The molecule has 0 saturated heterocycles. The van der Waals surface area contributed by atoms with Gasteiger partial charge in [0.15, 0.2) is 0 Å². The lowest BCUT2D eigenvalue weighted by Crippen LogP contribution is -2.63. The van der Waals surface area contributed by atoms with Crippen LogP contribution < -0.4 is 5.32 Å². The van der Waals surface area contributed by atoms with E-state index in [-0.39, 0.29) is 50.6 Å². The molecule has 6 heteroatoms. The zero-order chi connectivity index (χ0) is 32.8. The number of amides is 1. The maximum absolute atomic E-state index is 14.0. The summed E-state index contributed by atoms with van der Waals surface area (Å²) in [6, 6.07) is 6.67. The third kappa shape index (κ3) is 4.58. The third-order valence-electron chi connectivity index (χ3n) is 14.4. The largest absolute Gasteiger partial charge is 0.478 e. The number of para-hydroxylation sites is 1. The van der Waals surface area contributed by atoms with Gasteiger partial charge in [-0.3, -0.25) is 9.59 Å². The highest BCUT2D eigenvalue weighted by Gasteiger charge is 2.67. The van der Waals surface area contributed by atoms with Crippen LogP contribution in [0.15, 0.2) is 47.6 Å². The molecule has 0 spiro atoms. The fourth-order valence-corrected chi connectivity index (χ4v) is 11.3. The second kappa shape index (κ2) is 10.3. The number of hydrogen-bond donors (Lipinski definition) is 2. The van der Waals surface area contributed by atoms with Crippen LogP contribution in [0.3, 0.4) is 0 Å². The van der Waals surface area contributed by atoms with Gasteiger partial charge in [0.05, 0.1) is 16.7 Å². The number of hydrogen-bond acceptors (Lipinski definition) is 4. The maximum atomic E-state index is 14.0. The monoisotopic (exact) mass is 615 g/mol. The molecule has 5 aliphatic rings. The van der Waals surface area contributed by atoms with Crippen molar-refractivity contribution in [2.24, 2.45) is 44.3 Å². The van der Waals surface area contributed by atoms with Crippen molar-refractivity contribution in [2.75, 3.05) is 5.32 Å². The van der Waals surface area contributed by atoms with E-state index in [9.17, 15) is 19.5 Å². The van der Waals surface area contributed by atoms with Crippen molar-refractivity contribution in [2.45, 2.75) is 119 Å². The molecule has 244 valence electrons. The van der Waals surface area contributed by atoms with Crippen molar-refractivity contribution in [3.8, 4) is 0 Å². The lowest BCUT2D eigenvalue weighted by atomic mass is 9.35. The lowest BCUT2D eigenvalue weighted by Gasteiger charge is -2.69. The molecule has 3 fully saturated rings. The number of esters is 1. The quantitative estimate of drug-likeness (QED) is 0.330. The second-order valence-electron chi connectivity index (χ2n) is 17.1. The molecule has 3 saturated carbocycles. The summed E-state index contributed by atoms with van der Waals surface area (Å²) in [4.78, 5) is 37.8. The molecule has 8 atom stereocenters. The van der Waals surface area contributed by atoms with Gasteiger partial charge in [0.2, 0.25) is 5.91 Å². The molecule has 0 unspecified atom stereocenters. The summed E-state index contributed by atoms with van der Waals surface area (Å²) in [5, 5.41) is 12.7. The van der Waals surface area contributed by atoms with Crippen LogP contribution in [0.4, 0.5) is 5.69 Å². The molecule has 0 aliphatic heterocycles. The van der Waals surface area contributed by atoms with Crippen LogP contribution in [0.1, 0.15) is 124 Å². The number of carboxylic acid groups (broad SMARTS) is 1. The first-order chi connectivity index (χ1) is 20.9. The summed E-state index contributed by atoms with van der Waals surface area (Å²) in [5.41, 5.74) is 2.91. The summed E-state index contributed by atoms with van der Waals surface area (Å²) in [5.74, 6) is -0.425. The van der Waals surface area contributed by atoms with E-state index in [0.717, 1.165) is 51.4 Å². The summed E-state index contributed by atoms with van der Waals surface area (Å²) >= 11 is 0. The van der Waals surface area contributed by atoms with E-state index in [0.29, 0.717) is 23.9 Å². The molecule has 0 radical (unpaired) electrons. The Morgan fingerprint density at radius 1 is 0.889 bits per heavy atom. The molecule has 1 aromatic rings. The minimum atomic E-state index is -1.04. The number of carboxylic acids is 1. The number of benzene rings is 1. The van der Waals surface area contributed by atoms with Crippen LogP contribution in [0.25, 0.3) is 0 Å². The summed E-state index contributed by atoms with van der Waals surface area (Å²) < 4.78 is 5.91. The van der Waals surface area contributed by atoms with E-state index in [4.69, 9.17) is 4.74 Å². The number of ether oxygens (including phenoxy) is 1. The van der Waals surface area contributed by atoms with Crippen molar-refractivity contribution in [3.63, 3.8) is 0 Å². The van der Waals surface area contributed by atoms with Crippen LogP contribution in [0, 0.1) is 44.3 Å². The highest BCUT2D eigenvalue weighted by atomic mass is 16.5. The molecule has 1 aromatic carbocycles. The summed E-state index contributed by atoms with van der Waals surface area (Å²) in [7, 11) is 0. The topological polar surface area (TPSA) is 92.7 Å². The minimum absolute atomic E-state index is 0.00323. The Labute approximate surface area is 269 Å². The highest BCUT2D eigenvalue weighted by Crippen LogP contribution is 2.74. The Hall–Kier alpha value is -2.89. The number of aromatic carboxylic acids is 1. The van der Waals surface area contributed by atoms with Gasteiger partial charge < -0.3 is 15.2 Å². The first kappa shape index (κ1) is 32.1. The van der Waals surface area contributed by atoms with Crippen molar-refractivity contribution < 1.29 is 24.2 Å². The van der Waals surface area contributed by atoms with Gasteiger partial charge in [0.1, 0.15) is 6.10 Å². The van der Waals surface area contributed by atoms with Crippen LogP contribution >= 0.6 is 0 Å². The first-order valence-electron chi connectivity index (χ1n) is 17.1. The summed E-state index contributed by atoms with van der Waals surface area (Å²) in [6.07, 6.45) is 13.9. The zero-order valence-electron chi connectivity index (χ0n) is 28.6. The normalized spacial score (nSPS) is 41.6. The molecule has 45 heavy (non-hydrogen) atoms. The van der Waals surface area contributed by atoms with E-state index in [1.54, 1.807) is 24.3 Å². The van der Waals surface area contributed by atoms with Crippen molar-refractivity contribution in [3.05, 3.63) is 53.1 Å². The SMILES string of the molecule is CC(=O)O[C@H]1CC[C@]2(C)[C@H]3C=CC4=C5C[C@@](C)(C(=O)Nc6ccccc6C(=O)O)CC[C@]5(C)CC[C@@]4(C)[C@]3(C)CC[C@H]2C1(C)C. The first-order valence-corrected chi connectivity index (χ1v) is 17.1. The average Bonchev–Trinajstić information content (AvgIpc) is 2.96. The Kier molecular flexibility index (Phi) is 7.34. The van der Waals surface area contributed by atoms with Gasteiger partial charge in [-0.25, -0.2) is 4.79 Å². The molecule has 0 heterocycles. The second-order valence-corrected chi connectivity index (χ2v) is 17.1. The van der Waals surface area contributed by atoms with Crippen LogP contribution in [-0.2, 0) is 14.3 Å². The smallest absolute Gasteiger partial charge is 0.337 e. The minimum Gasteiger partial charge on any atom is -0.478 e. The molecular weight excluding hydrogens is 562 g/mol. The number of carbonyl (C=O) groups is 3. The van der Waals surface area contributed by atoms with E-state index >= 15 is 0 Å². The van der Waals surface area contributed by atoms with E-state index < -0.39 is 11.4 Å². The van der Waals surface area contributed by atoms with Gasteiger partial charge in [0, 0.05) is 12.3 Å². The number of fused-ring (bicyclic) bond motifs is 6. The highest BCUT2D eigenvalue weighted by molar-refractivity contribution is 6.02. The number of anilines is 1. The molecule has 0 bridgehead atoms. The average molecular weight is 616 g/mol. The Morgan fingerprint density at radius 3 is 2.27 bits per heavy atom. The van der Waals surface area contributed by atoms with Gasteiger partial charge >= 0.3 is 11.9 Å². The molecule has 5 aliphatic carbocycles. The maximum Gasteiger partial charge on any atom is 0.337 e. The van der Waals surface area contributed by atoms with E-state index in [2.05, 4.69) is 65.9 Å². The van der Waals surface area contributed by atoms with E-state index in [1.807, 2.05) is 0 Å². The third-order valence-corrected chi connectivity index (χ3v) is 14.4.